The molecule has 0 aliphatic rings. The second-order valence-electron chi connectivity index (χ2n) is 7.53. The van der Waals surface area contributed by atoms with Gasteiger partial charge in [0.15, 0.2) is 11.5 Å². The summed E-state index contributed by atoms with van der Waals surface area (Å²) in [4.78, 5) is 28.7. The SMILES string of the molecule is CCOC(=O)c1c(C)[nH]c(C)c1C(=O)/C(C#N)=C\c1ccc(OC)c(OCc2ccccc2)c1. The van der Waals surface area contributed by atoms with Gasteiger partial charge >= 0.3 is 5.97 Å². The van der Waals surface area contributed by atoms with Crippen LogP contribution in [0.5, 0.6) is 11.5 Å². The van der Waals surface area contributed by atoms with Crippen LogP contribution in [-0.4, -0.2) is 30.5 Å². The van der Waals surface area contributed by atoms with Crippen LogP contribution in [0.25, 0.3) is 6.08 Å². The Kier molecular flexibility index (Phi) is 7.88. The molecule has 7 heteroatoms. The van der Waals surface area contributed by atoms with Crippen molar-refractivity contribution in [2.24, 2.45) is 0 Å². The van der Waals surface area contributed by atoms with Crippen molar-refractivity contribution in [1.29, 1.82) is 5.26 Å². The molecule has 34 heavy (non-hydrogen) atoms. The van der Waals surface area contributed by atoms with E-state index in [2.05, 4.69) is 4.98 Å². The number of hydrogen-bond acceptors (Lipinski definition) is 6. The zero-order chi connectivity index (χ0) is 24.7. The molecule has 0 aliphatic heterocycles. The van der Waals surface area contributed by atoms with Crippen LogP contribution in [0.1, 0.15) is 50.2 Å². The number of esters is 1. The number of hydrogen-bond donors (Lipinski definition) is 1. The fourth-order valence-electron chi connectivity index (χ4n) is 3.60. The quantitative estimate of drug-likeness (QED) is 0.205. The van der Waals surface area contributed by atoms with Crippen LogP contribution >= 0.6 is 0 Å². The highest BCUT2D eigenvalue weighted by Gasteiger charge is 2.27. The van der Waals surface area contributed by atoms with Gasteiger partial charge in [-0.1, -0.05) is 36.4 Å². The molecule has 1 heterocycles. The average molecular weight is 459 g/mol. The van der Waals surface area contributed by atoms with Gasteiger partial charge in [-0.25, -0.2) is 4.79 Å². The Morgan fingerprint density at radius 2 is 1.74 bits per heavy atom. The van der Waals surface area contributed by atoms with Crippen molar-refractivity contribution in [3.05, 3.63) is 87.7 Å². The number of benzene rings is 2. The standard InChI is InChI=1S/C27H26N2O5/c1-5-33-27(31)25-18(3)29-17(2)24(25)26(30)21(15-28)13-20-11-12-22(32-4)23(14-20)34-16-19-9-7-6-8-10-19/h6-14,29H,5,16H2,1-4H3/b21-13-. The van der Waals surface area contributed by atoms with Gasteiger partial charge in [-0.15, -0.1) is 0 Å². The van der Waals surface area contributed by atoms with Gasteiger partial charge in [0.25, 0.3) is 0 Å². The maximum atomic E-state index is 13.3. The predicted octanol–water partition coefficient (Wildman–Crippen LogP) is 5.19. The van der Waals surface area contributed by atoms with Gasteiger partial charge < -0.3 is 19.2 Å². The number of rotatable bonds is 9. The number of ether oxygens (including phenoxy) is 3. The fraction of sp³-hybridized carbons (Fsp3) is 0.222. The minimum absolute atomic E-state index is 0.119. The van der Waals surface area contributed by atoms with Crippen LogP contribution in [0, 0.1) is 25.2 Å². The molecule has 0 spiro atoms. The number of aromatic amines is 1. The fourth-order valence-corrected chi connectivity index (χ4v) is 3.60. The summed E-state index contributed by atoms with van der Waals surface area (Å²) in [6, 6.07) is 16.8. The maximum Gasteiger partial charge on any atom is 0.340 e. The highest BCUT2D eigenvalue weighted by Crippen LogP contribution is 2.30. The summed E-state index contributed by atoms with van der Waals surface area (Å²) >= 11 is 0. The molecule has 1 N–H and O–H groups in total. The van der Waals surface area contributed by atoms with E-state index in [4.69, 9.17) is 14.2 Å². The van der Waals surface area contributed by atoms with Crippen molar-refractivity contribution in [2.75, 3.05) is 13.7 Å². The number of allylic oxidation sites excluding steroid dienone is 1. The highest BCUT2D eigenvalue weighted by molar-refractivity contribution is 6.19. The third kappa shape index (κ3) is 5.36. The molecule has 3 rings (SSSR count). The lowest BCUT2D eigenvalue weighted by Gasteiger charge is -2.12. The van der Waals surface area contributed by atoms with Gasteiger partial charge in [-0.3, -0.25) is 4.79 Å². The third-order valence-corrected chi connectivity index (χ3v) is 5.18. The van der Waals surface area contributed by atoms with Gasteiger partial charge in [-0.05, 0) is 50.1 Å². The molecule has 174 valence electrons. The zero-order valence-corrected chi connectivity index (χ0v) is 19.6. The molecule has 0 saturated heterocycles. The molecule has 1 aromatic heterocycles. The van der Waals surface area contributed by atoms with Crippen molar-refractivity contribution in [2.45, 2.75) is 27.4 Å². The van der Waals surface area contributed by atoms with E-state index in [0.717, 1.165) is 5.56 Å². The van der Waals surface area contributed by atoms with Gasteiger partial charge in [0, 0.05) is 11.4 Å². The van der Waals surface area contributed by atoms with Gasteiger partial charge in [0.1, 0.15) is 18.2 Å². The number of ketones is 1. The van der Waals surface area contributed by atoms with E-state index in [1.807, 2.05) is 36.4 Å². The highest BCUT2D eigenvalue weighted by atomic mass is 16.5. The molecule has 2 aromatic carbocycles. The lowest BCUT2D eigenvalue weighted by Crippen LogP contribution is -2.13. The van der Waals surface area contributed by atoms with Crippen molar-refractivity contribution in [1.82, 2.24) is 4.98 Å². The Hall–Kier alpha value is -4.31. The van der Waals surface area contributed by atoms with Crippen LogP contribution in [0.4, 0.5) is 0 Å². The van der Waals surface area contributed by atoms with Crippen LogP contribution in [0.15, 0.2) is 54.1 Å². The molecule has 0 bridgehead atoms. The van der Waals surface area contributed by atoms with Crippen LogP contribution in [0.3, 0.4) is 0 Å². The molecule has 0 aliphatic carbocycles. The van der Waals surface area contributed by atoms with Crippen molar-refractivity contribution in [3.63, 3.8) is 0 Å². The lowest BCUT2D eigenvalue weighted by molar-refractivity contribution is 0.0523. The Bertz CT molecular complexity index is 1270. The van der Waals surface area contributed by atoms with Gasteiger partial charge in [0.05, 0.1) is 24.8 Å². The first-order valence-electron chi connectivity index (χ1n) is 10.8. The van der Waals surface area contributed by atoms with E-state index >= 15 is 0 Å². The Morgan fingerprint density at radius 3 is 2.38 bits per heavy atom. The number of methoxy groups -OCH3 is 1. The molecule has 0 radical (unpaired) electrons. The number of carbonyl (C=O) groups excluding carboxylic acids is 2. The molecule has 0 atom stereocenters. The number of nitrogens with one attached hydrogen (secondary N) is 1. The Balaban J connectivity index is 1.95. The van der Waals surface area contributed by atoms with Gasteiger partial charge in [-0.2, -0.15) is 5.26 Å². The van der Waals surface area contributed by atoms with E-state index in [9.17, 15) is 14.9 Å². The topological polar surface area (TPSA) is 101 Å². The van der Waals surface area contributed by atoms with E-state index in [-0.39, 0.29) is 23.3 Å². The summed E-state index contributed by atoms with van der Waals surface area (Å²) in [6.07, 6.45) is 1.47. The minimum atomic E-state index is -0.606. The Morgan fingerprint density at radius 1 is 1.03 bits per heavy atom. The minimum Gasteiger partial charge on any atom is -0.493 e. The smallest absolute Gasteiger partial charge is 0.340 e. The monoisotopic (exact) mass is 458 g/mol. The molecular formula is C27H26N2O5. The zero-order valence-electron chi connectivity index (χ0n) is 19.6. The normalized spacial score (nSPS) is 11.0. The molecule has 0 unspecified atom stereocenters. The van der Waals surface area contributed by atoms with Crippen LogP contribution < -0.4 is 9.47 Å². The molecule has 0 saturated carbocycles. The number of Topliss-reactive ketones (excluding diaryl/α,β-unsaturated/α-hetero) is 1. The van der Waals surface area contributed by atoms with Crippen molar-refractivity contribution in [3.8, 4) is 17.6 Å². The summed E-state index contributed by atoms with van der Waals surface area (Å²) in [5.74, 6) is -0.161. The molecule has 7 nitrogen and oxygen atoms in total. The largest absolute Gasteiger partial charge is 0.493 e. The second kappa shape index (κ2) is 11.0. The number of H-pyrrole nitrogens is 1. The van der Waals surface area contributed by atoms with E-state index in [1.165, 1.54) is 6.08 Å². The summed E-state index contributed by atoms with van der Waals surface area (Å²) in [7, 11) is 1.54. The maximum absolute atomic E-state index is 13.3. The molecular weight excluding hydrogens is 432 g/mol. The summed E-state index contributed by atoms with van der Waals surface area (Å²) < 4.78 is 16.4. The lowest BCUT2D eigenvalue weighted by atomic mass is 9.98. The number of nitriles is 1. The average Bonchev–Trinajstić information content (AvgIpc) is 3.15. The van der Waals surface area contributed by atoms with E-state index in [1.54, 1.807) is 46.1 Å². The second-order valence-corrected chi connectivity index (χ2v) is 7.53. The first kappa shape index (κ1) is 24.3. The molecule has 3 aromatic rings. The number of nitrogens with zero attached hydrogens (tertiary/aromatic N) is 1. The third-order valence-electron chi connectivity index (χ3n) is 5.18. The van der Waals surface area contributed by atoms with Gasteiger partial charge in [0.2, 0.25) is 5.78 Å². The van der Waals surface area contributed by atoms with Crippen molar-refractivity contribution < 1.29 is 23.8 Å². The summed E-state index contributed by atoms with van der Waals surface area (Å²) in [6.45, 7) is 5.57. The number of aryl methyl sites for hydroxylation is 2. The number of aromatic nitrogens is 1. The summed E-state index contributed by atoms with van der Waals surface area (Å²) in [5, 5.41) is 9.75. The molecule has 0 amide bonds. The van der Waals surface area contributed by atoms with Crippen LogP contribution in [0.2, 0.25) is 0 Å². The summed E-state index contributed by atoms with van der Waals surface area (Å²) in [5.41, 5.74) is 2.74. The van der Waals surface area contributed by atoms with E-state index < -0.39 is 11.8 Å². The predicted molar refractivity (Wildman–Crippen MR) is 128 cm³/mol. The van der Waals surface area contributed by atoms with Crippen molar-refractivity contribution >= 4 is 17.8 Å². The first-order valence-corrected chi connectivity index (χ1v) is 10.8. The van der Waals surface area contributed by atoms with Crippen LogP contribution in [-0.2, 0) is 11.3 Å². The molecule has 0 fully saturated rings. The number of carbonyl (C=O) groups is 2. The first-order chi connectivity index (χ1) is 16.4. The van der Waals surface area contributed by atoms with E-state index in [0.29, 0.717) is 35.1 Å². The Labute approximate surface area is 198 Å².